The normalized spacial score (nSPS) is 13.1. The first-order valence-electron chi connectivity index (χ1n) is 9.87. The number of benzene rings is 2. The molecule has 29 heavy (non-hydrogen) atoms. The lowest BCUT2D eigenvalue weighted by Crippen LogP contribution is -2.36. The number of fused-ring (bicyclic) bond motifs is 1. The molecule has 0 radical (unpaired) electrons. The second-order valence-electron chi connectivity index (χ2n) is 7.18. The van der Waals surface area contributed by atoms with Gasteiger partial charge in [-0.25, -0.2) is 4.39 Å². The molecule has 0 atom stereocenters. The van der Waals surface area contributed by atoms with Gasteiger partial charge in [0, 0.05) is 31.6 Å². The largest absolute Gasteiger partial charge is 0.369 e. The Hall–Kier alpha value is -3.28. The molecule has 0 bridgehead atoms. The molecule has 2 heterocycles. The number of nitrogens with one attached hydrogen (secondary N) is 1. The van der Waals surface area contributed by atoms with Gasteiger partial charge in [0.05, 0.1) is 5.69 Å². The van der Waals surface area contributed by atoms with Gasteiger partial charge in [0.25, 0.3) is 0 Å². The van der Waals surface area contributed by atoms with Crippen LogP contribution in [0.2, 0.25) is 0 Å². The Bertz CT molecular complexity index is 973. The first-order valence-corrected chi connectivity index (χ1v) is 9.87. The third-order valence-corrected chi connectivity index (χ3v) is 5.16. The topological polar surface area (TPSA) is 58.1 Å². The lowest BCUT2D eigenvalue weighted by Gasteiger charge is -2.29. The molecule has 0 saturated heterocycles. The van der Waals surface area contributed by atoms with E-state index >= 15 is 0 Å². The van der Waals surface area contributed by atoms with Crippen LogP contribution in [0.15, 0.2) is 60.7 Å². The van der Waals surface area contributed by atoms with Gasteiger partial charge < -0.3 is 10.2 Å². The highest BCUT2D eigenvalue weighted by Gasteiger charge is 2.19. The Morgan fingerprint density at radius 1 is 1.00 bits per heavy atom. The summed E-state index contributed by atoms with van der Waals surface area (Å²) in [5.74, 6) is 0.581. The molecule has 1 aliphatic rings. The van der Waals surface area contributed by atoms with Gasteiger partial charge in [-0.15, -0.1) is 10.2 Å². The number of halogens is 1. The van der Waals surface area contributed by atoms with Gasteiger partial charge in [-0.05, 0) is 60.4 Å². The number of amides is 1. The molecule has 5 nitrogen and oxygen atoms in total. The number of nitrogens with zero attached hydrogens (tertiary/aromatic N) is 3. The molecular weight excluding hydrogens is 367 g/mol. The molecule has 0 aliphatic carbocycles. The van der Waals surface area contributed by atoms with E-state index in [2.05, 4.69) is 33.7 Å². The first kappa shape index (κ1) is 19.1. The first-order chi connectivity index (χ1) is 14.2. The van der Waals surface area contributed by atoms with E-state index in [1.807, 2.05) is 23.1 Å². The smallest absolute Gasteiger partial charge is 0.222 e. The van der Waals surface area contributed by atoms with Crippen molar-refractivity contribution < 1.29 is 9.18 Å². The van der Waals surface area contributed by atoms with E-state index in [0.717, 1.165) is 24.9 Å². The van der Waals surface area contributed by atoms with Crippen molar-refractivity contribution in [2.24, 2.45) is 0 Å². The minimum atomic E-state index is -0.275. The second-order valence-corrected chi connectivity index (χ2v) is 7.18. The van der Waals surface area contributed by atoms with Crippen LogP contribution in [0.5, 0.6) is 0 Å². The third-order valence-electron chi connectivity index (χ3n) is 5.16. The van der Waals surface area contributed by atoms with Gasteiger partial charge in [0.2, 0.25) is 5.91 Å². The summed E-state index contributed by atoms with van der Waals surface area (Å²) in [6.07, 6.45) is 2.17. The maximum atomic E-state index is 13.0. The van der Waals surface area contributed by atoms with Crippen LogP contribution in [0.1, 0.15) is 24.0 Å². The number of rotatable bonds is 6. The Labute approximate surface area is 169 Å². The number of hydrogen-bond acceptors (Lipinski definition) is 4. The van der Waals surface area contributed by atoms with Crippen LogP contribution in [0.4, 0.5) is 10.2 Å². The zero-order chi connectivity index (χ0) is 20.1. The van der Waals surface area contributed by atoms with Crippen molar-refractivity contribution in [2.45, 2.75) is 25.8 Å². The number of hydrogen-bond donors (Lipinski definition) is 1. The average Bonchev–Trinajstić information content (AvgIpc) is 2.77. The van der Waals surface area contributed by atoms with Crippen LogP contribution in [0.25, 0.3) is 11.3 Å². The maximum absolute atomic E-state index is 13.0. The lowest BCUT2D eigenvalue weighted by molar-refractivity contribution is -0.132. The SMILES string of the molecule is O=C(CCCNc1ccc(-c2ccc(F)cc2)nn1)N1CCc2ccccc2C1. The van der Waals surface area contributed by atoms with E-state index in [-0.39, 0.29) is 11.7 Å². The van der Waals surface area contributed by atoms with Crippen molar-refractivity contribution in [1.29, 1.82) is 0 Å². The summed E-state index contributed by atoms with van der Waals surface area (Å²) in [6, 6.07) is 18.2. The number of aromatic nitrogens is 2. The van der Waals surface area contributed by atoms with Crippen molar-refractivity contribution in [1.82, 2.24) is 15.1 Å². The van der Waals surface area contributed by atoms with Crippen LogP contribution in [-0.4, -0.2) is 34.1 Å². The average molecular weight is 390 g/mol. The molecule has 1 aliphatic heterocycles. The minimum absolute atomic E-state index is 0.194. The zero-order valence-corrected chi connectivity index (χ0v) is 16.1. The molecule has 1 aromatic heterocycles. The van der Waals surface area contributed by atoms with E-state index in [1.165, 1.54) is 23.3 Å². The highest BCUT2D eigenvalue weighted by atomic mass is 19.1. The van der Waals surface area contributed by atoms with E-state index in [4.69, 9.17) is 0 Å². The van der Waals surface area contributed by atoms with E-state index in [9.17, 15) is 9.18 Å². The highest BCUT2D eigenvalue weighted by Crippen LogP contribution is 2.20. The molecule has 2 aromatic carbocycles. The van der Waals surface area contributed by atoms with Gasteiger partial charge >= 0.3 is 0 Å². The Morgan fingerprint density at radius 2 is 1.79 bits per heavy atom. The van der Waals surface area contributed by atoms with Crippen LogP contribution >= 0.6 is 0 Å². The molecule has 1 amide bonds. The molecule has 0 unspecified atom stereocenters. The van der Waals surface area contributed by atoms with Crippen molar-refractivity contribution in [2.75, 3.05) is 18.4 Å². The van der Waals surface area contributed by atoms with Gasteiger partial charge in [-0.1, -0.05) is 24.3 Å². The number of anilines is 1. The van der Waals surface area contributed by atoms with Crippen molar-refractivity contribution in [3.05, 3.63) is 77.6 Å². The maximum Gasteiger partial charge on any atom is 0.222 e. The minimum Gasteiger partial charge on any atom is -0.369 e. The molecule has 0 fully saturated rings. The van der Waals surface area contributed by atoms with Crippen molar-refractivity contribution in [3.63, 3.8) is 0 Å². The third kappa shape index (κ3) is 4.77. The number of carbonyl (C=O) groups is 1. The fourth-order valence-electron chi connectivity index (χ4n) is 3.52. The van der Waals surface area contributed by atoms with Crippen molar-refractivity contribution >= 4 is 11.7 Å². The summed E-state index contributed by atoms with van der Waals surface area (Å²) in [7, 11) is 0. The number of carbonyl (C=O) groups excluding carboxylic acids is 1. The molecule has 6 heteroatoms. The predicted molar refractivity (Wildman–Crippen MR) is 111 cm³/mol. The molecule has 0 saturated carbocycles. The molecule has 1 N–H and O–H groups in total. The van der Waals surface area contributed by atoms with Gasteiger partial charge in [-0.3, -0.25) is 4.79 Å². The fourth-order valence-corrected chi connectivity index (χ4v) is 3.52. The summed E-state index contributed by atoms with van der Waals surface area (Å²) < 4.78 is 13.0. The molecular formula is C23H23FN4O. The molecule has 0 spiro atoms. The summed E-state index contributed by atoms with van der Waals surface area (Å²) in [5.41, 5.74) is 4.11. The van der Waals surface area contributed by atoms with Crippen LogP contribution in [0, 0.1) is 5.82 Å². The zero-order valence-electron chi connectivity index (χ0n) is 16.1. The highest BCUT2D eigenvalue weighted by molar-refractivity contribution is 5.76. The van der Waals surface area contributed by atoms with Gasteiger partial charge in [0.1, 0.15) is 11.6 Å². The second kappa shape index (κ2) is 8.82. The van der Waals surface area contributed by atoms with E-state index in [1.54, 1.807) is 12.1 Å². The lowest BCUT2D eigenvalue weighted by atomic mass is 9.99. The fraction of sp³-hybridized carbons (Fsp3) is 0.261. The Balaban J connectivity index is 1.22. The summed E-state index contributed by atoms with van der Waals surface area (Å²) in [4.78, 5) is 14.4. The van der Waals surface area contributed by atoms with Crippen LogP contribution in [-0.2, 0) is 17.8 Å². The summed E-state index contributed by atoms with van der Waals surface area (Å²) >= 11 is 0. The van der Waals surface area contributed by atoms with Gasteiger partial charge in [0.15, 0.2) is 0 Å². The predicted octanol–water partition coefficient (Wildman–Crippen LogP) is 4.06. The summed E-state index contributed by atoms with van der Waals surface area (Å²) in [5, 5.41) is 11.5. The standard InChI is InChI=1S/C23H23FN4O/c24-20-9-7-18(8-10-20)21-11-12-22(27-26-21)25-14-3-6-23(29)28-15-13-17-4-1-2-5-19(17)16-28/h1-2,4-5,7-12H,3,6,13-16H2,(H,25,27). The summed E-state index contributed by atoms with van der Waals surface area (Å²) in [6.45, 7) is 2.15. The van der Waals surface area contributed by atoms with Crippen molar-refractivity contribution in [3.8, 4) is 11.3 Å². The molecule has 3 aromatic rings. The molecule has 4 rings (SSSR count). The Kier molecular flexibility index (Phi) is 5.79. The van der Waals surface area contributed by atoms with Gasteiger partial charge in [-0.2, -0.15) is 0 Å². The van der Waals surface area contributed by atoms with E-state index < -0.39 is 0 Å². The van der Waals surface area contributed by atoms with Crippen LogP contribution < -0.4 is 5.32 Å². The Morgan fingerprint density at radius 3 is 2.55 bits per heavy atom. The van der Waals surface area contributed by atoms with E-state index in [0.29, 0.717) is 31.0 Å². The van der Waals surface area contributed by atoms with Crippen LogP contribution in [0.3, 0.4) is 0 Å². The quantitative estimate of drug-likeness (QED) is 0.645. The molecule has 148 valence electrons. The monoisotopic (exact) mass is 390 g/mol.